The molecular weight excluding hydrogens is 256 g/mol. The Hall–Kier alpha value is -1.72. The molecule has 1 amide bonds. The number of hydrogen-bond acceptors (Lipinski definition) is 4. The molecule has 0 aromatic carbocycles. The smallest absolute Gasteiger partial charge is 0.407 e. The van der Waals surface area contributed by atoms with Crippen LogP contribution in [0.15, 0.2) is 6.07 Å². The summed E-state index contributed by atoms with van der Waals surface area (Å²) in [5.74, 6) is 0.711. The van der Waals surface area contributed by atoms with E-state index in [0.29, 0.717) is 5.82 Å². The van der Waals surface area contributed by atoms with Crippen LogP contribution in [0.2, 0.25) is 0 Å². The highest BCUT2D eigenvalue weighted by Crippen LogP contribution is 2.32. The van der Waals surface area contributed by atoms with Crippen LogP contribution in [0.25, 0.3) is 0 Å². The van der Waals surface area contributed by atoms with Gasteiger partial charge in [0, 0.05) is 23.7 Å². The number of carbonyl (C=O) groups excluding carboxylic acids is 1. The maximum atomic E-state index is 11.9. The summed E-state index contributed by atoms with van der Waals surface area (Å²) < 4.78 is 5.33. The molecule has 6 heteroatoms. The van der Waals surface area contributed by atoms with Crippen molar-refractivity contribution in [2.75, 3.05) is 5.73 Å². The highest BCUT2D eigenvalue weighted by molar-refractivity contribution is 5.68. The van der Waals surface area contributed by atoms with E-state index in [9.17, 15) is 4.79 Å². The number of nitrogens with two attached hydrogens (primary N) is 1. The molecule has 112 valence electrons. The standard InChI is InChI=1S/C14H24N4O2/c1-14(2,3)20-13(19)16-10-7-5-4-6-9(10)11-8-12(15)18-17-11/h8-10H,4-7H2,1-3H3,(H,16,19)(H3,15,17,18)/t9-,10-/m1/s1. The van der Waals surface area contributed by atoms with Crippen LogP contribution in [0.5, 0.6) is 0 Å². The molecule has 1 aromatic rings. The summed E-state index contributed by atoms with van der Waals surface area (Å²) in [4.78, 5) is 11.9. The minimum absolute atomic E-state index is 0.0680. The number of aromatic nitrogens is 2. The van der Waals surface area contributed by atoms with Crippen LogP contribution < -0.4 is 11.1 Å². The summed E-state index contributed by atoms with van der Waals surface area (Å²) in [6.07, 6.45) is 3.86. The van der Waals surface area contributed by atoms with Gasteiger partial charge in [0.1, 0.15) is 11.4 Å². The molecule has 2 rings (SSSR count). The van der Waals surface area contributed by atoms with Crippen LogP contribution in [-0.2, 0) is 4.74 Å². The highest BCUT2D eigenvalue weighted by atomic mass is 16.6. The second-order valence-electron chi connectivity index (χ2n) is 6.39. The maximum Gasteiger partial charge on any atom is 0.407 e. The van der Waals surface area contributed by atoms with Crippen LogP contribution in [0.4, 0.5) is 10.6 Å². The van der Waals surface area contributed by atoms with Crippen molar-refractivity contribution in [3.05, 3.63) is 11.8 Å². The summed E-state index contributed by atoms with van der Waals surface area (Å²) in [5.41, 5.74) is 6.17. The summed E-state index contributed by atoms with van der Waals surface area (Å²) in [7, 11) is 0. The molecular formula is C14H24N4O2. The van der Waals surface area contributed by atoms with E-state index in [2.05, 4.69) is 15.5 Å². The van der Waals surface area contributed by atoms with E-state index in [4.69, 9.17) is 10.5 Å². The van der Waals surface area contributed by atoms with Gasteiger partial charge in [-0.2, -0.15) is 5.10 Å². The second kappa shape index (κ2) is 5.73. The van der Waals surface area contributed by atoms with Crippen LogP contribution in [0, 0.1) is 0 Å². The fourth-order valence-electron chi connectivity index (χ4n) is 2.68. The van der Waals surface area contributed by atoms with Gasteiger partial charge >= 0.3 is 6.09 Å². The van der Waals surface area contributed by atoms with Crippen LogP contribution in [-0.4, -0.2) is 27.9 Å². The molecule has 0 saturated heterocycles. The van der Waals surface area contributed by atoms with Gasteiger partial charge in [-0.05, 0) is 33.6 Å². The third-order valence-electron chi connectivity index (χ3n) is 3.49. The molecule has 1 aliphatic carbocycles. The van der Waals surface area contributed by atoms with Crippen LogP contribution in [0.1, 0.15) is 58.1 Å². The van der Waals surface area contributed by atoms with Crippen molar-refractivity contribution < 1.29 is 9.53 Å². The number of amides is 1. The van der Waals surface area contributed by atoms with Crippen molar-refractivity contribution in [3.8, 4) is 0 Å². The minimum Gasteiger partial charge on any atom is -0.444 e. The van der Waals surface area contributed by atoms with Crippen LogP contribution in [0.3, 0.4) is 0 Å². The highest BCUT2D eigenvalue weighted by Gasteiger charge is 2.30. The van der Waals surface area contributed by atoms with Gasteiger partial charge in [0.25, 0.3) is 0 Å². The number of hydrogen-bond donors (Lipinski definition) is 3. The summed E-state index contributed by atoms with van der Waals surface area (Å²) in [6, 6.07) is 1.91. The molecule has 0 unspecified atom stereocenters. The van der Waals surface area contributed by atoms with Crippen LogP contribution >= 0.6 is 0 Å². The lowest BCUT2D eigenvalue weighted by molar-refractivity contribution is 0.0484. The average molecular weight is 280 g/mol. The van der Waals surface area contributed by atoms with Crippen molar-refractivity contribution in [1.82, 2.24) is 15.5 Å². The largest absolute Gasteiger partial charge is 0.444 e. The van der Waals surface area contributed by atoms with Gasteiger partial charge < -0.3 is 15.8 Å². The topological polar surface area (TPSA) is 93.0 Å². The van der Waals surface area contributed by atoms with E-state index in [1.165, 1.54) is 0 Å². The number of rotatable bonds is 2. The predicted molar refractivity (Wildman–Crippen MR) is 77.4 cm³/mol. The van der Waals surface area contributed by atoms with E-state index >= 15 is 0 Å². The van der Waals surface area contributed by atoms with Crippen molar-refractivity contribution in [3.63, 3.8) is 0 Å². The van der Waals surface area contributed by atoms with Gasteiger partial charge in [-0.3, -0.25) is 5.10 Å². The lowest BCUT2D eigenvalue weighted by Gasteiger charge is -2.32. The molecule has 6 nitrogen and oxygen atoms in total. The first-order valence-electron chi connectivity index (χ1n) is 7.15. The molecule has 1 aliphatic rings. The predicted octanol–water partition coefficient (Wildman–Crippen LogP) is 2.54. The SMILES string of the molecule is CC(C)(C)OC(=O)N[C@@H]1CCCC[C@H]1c1cc(N)n[nH]1. The van der Waals surface area contributed by atoms with Gasteiger partial charge in [-0.1, -0.05) is 12.8 Å². The minimum atomic E-state index is -0.480. The quantitative estimate of drug-likeness (QED) is 0.776. The Morgan fingerprint density at radius 1 is 1.45 bits per heavy atom. The average Bonchev–Trinajstić information content (AvgIpc) is 2.74. The number of H-pyrrole nitrogens is 1. The van der Waals surface area contributed by atoms with Crippen molar-refractivity contribution in [1.29, 1.82) is 0 Å². The Kier molecular flexibility index (Phi) is 4.20. The Bertz CT molecular complexity index is 464. The number of alkyl carbamates (subject to hydrolysis) is 1. The van der Waals surface area contributed by atoms with Gasteiger partial charge in [0.15, 0.2) is 0 Å². The molecule has 20 heavy (non-hydrogen) atoms. The van der Waals surface area contributed by atoms with Crippen molar-refractivity contribution in [2.24, 2.45) is 0 Å². The zero-order valence-electron chi connectivity index (χ0n) is 12.4. The third-order valence-corrected chi connectivity index (χ3v) is 3.49. The number of nitrogens with one attached hydrogen (secondary N) is 2. The summed E-state index contributed by atoms with van der Waals surface area (Å²) in [6.45, 7) is 5.58. The van der Waals surface area contributed by atoms with Gasteiger partial charge in [-0.25, -0.2) is 4.79 Å². The van der Waals surface area contributed by atoms with Gasteiger partial charge in [0.05, 0.1) is 0 Å². The third kappa shape index (κ3) is 3.88. The molecule has 4 N–H and O–H groups in total. The first kappa shape index (κ1) is 14.7. The Morgan fingerprint density at radius 3 is 2.75 bits per heavy atom. The molecule has 1 aromatic heterocycles. The van der Waals surface area contributed by atoms with Gasteiger partial charge in [-0.15, -0.1) is 0 Å². The number of nitrogen functional groups attached to an aromatic ring is 1. The van der Waals surface area contributed by atoms with Crippen molar-refractivity contribution in [2.45, 2.75) is 64.0 Å². The zero-order valence-corrected chi connectivity index (χ0v) is 12.4. The van der Waals surface area contributed by atoms with E-state index in [1.807, 2.05) is 26.8 Å². The molecule has 1 fully saturated rings. The van der Waals surface area contributed by atoms with E-state index in [0.717, 1.165) is 31.4 Å². The maximum absolute atomic E-state index is 11.9. The molecule has 0 spiro atoms. The first-order chi connectivity index (χ1) is 9.35. The lowest BCUT2D eigenvalue weighted by Crippen LogP contribution is -2.43. The number of ether oxygens (including phenoxy) is 1. The van der Waals surface area contributed by atoms with Gasteiger partial charge in [0.2, 0.25) is 0 Å². The van der Waals surface area contributed by atoms with E-state index < -0.39 is 5.60 Å². The molecule has 2 atom stereocenters. The second-order valence-corrected chi connectivity index (χ2v) is 6.39. The molecule has 0 bridgehead atoms. The van der Waals surface area contributed by atoms with E-state index in [1.54, 1.807) is 0 Å². The normalized spacial score (nSPS) is 23.4. The molecule has 0 radical (unpaired) electrons. The molecule has 0 aliphatic heterocycles. The summed E-state index contributed by atoms with van der Waals surface area (Å²) in [5, 5.41) is 9.92. The monoisotopic (exact) mass is 280 g/mol. The fraction of sp³-hybridized carbons (Fsp3) is 0.714. The van der Waals surface area contributed by atoms with E-state index in [-0.39, 0.29) is 18.1 Å². The Balaban J connectivity index is 2.02. The van der Waals surface area contributed by atoms with Crippen molar-refractivity contribution >= 4 is 11.9 Å². The number of aromatic amines is 1. The number of carbonyl (C=O) groups is 1. The number of nitrogens with zero attached hydrogens (tertiary/aromatic N) is 1. The zero-order chi connectivity index (χ0) is 14.8. The lowest BCUT2D eigenvalue weighted by atomic mass is 9.82. The Morgan fingerprint density at radius 2 is 2.15 bits per heavy atom. The Labute approximate surface area is 119 Å². The summed E-state index contributed by atoms with van der Waals surface area (Å²) >= 11 is 0. The molecule has 1 heterocycles. The molecule has 1 saturated carbocycles. The fourth-order valence-corrected chi connectivity index (χ4v) is 2.68. The number of anilines is 1. The first-order valence-corrected chi connectivity index (χ1v) is 7.15.